The number of fused-ring (bicyclic) bond motifs is 2. The molecule has 3 aromatic carbocycles. The van der Waals surface area contributed by atoms with E-state index in [9.17, 15) is 0 Å². The molecule has 0 fully saturated rings. The van der Waals surface area contributed by atoms with Gasteiger partial charge in [0.05, 0.1) is 0 Å². The van der Waals surface area contributed by atoms with E-state index in [1.807, 2.05) is 24.3 Å². The van der Waals surface area contributed by atoms with Gasteiger partial charge >= 0.3 is 0 Å². The quantitative estimate of drug-likeness (QED) is 0.131. The van der Waals surface area contributed by atoms with Crippen LogP contribution in [-0.4, -0.2) is 9.13 Å². The summed E-state index contributed by atoms with van der Waals surface area (Å²) in [6.07, 6.45) is 15.0. The summed E-state index contributed by atoms with van der Waals surface area (Å²) in [5, 5.41) is 2.64. The zero-order chi connectivity index (χ0) is 23.2. The third kappa shape index (κ3) is 5.09. The standard InChI is InChI=1S/C31H33N3/c32-29-12-6-4-10-26(29)16-14-25-15-17-28-19-23-34(31(28)24-25)21-9-3-1-2-8-20-33-22-18-27-11-5-7-13-30(27)33/h4-7,10-19,22-24H,1-3,8-9,20-21,32H2/b16-14+. The lowest BCUT2D eigenvalue weighted by molar-refractivity contribution is 0.544. The first kappa shape index (κ1) is 22.1. The van der Waals surface area contributed by atoms with Crippen LogP contribution in [0.25, 0.3) is 34.0 Å². The molecule has 3 nitrogen and oxygen atoms in total. The van der Waals surface area contributed by atoms with Crippen molar-refractivity contribution in [2.24, 2.45) is 0 Å². The highest BCUT2D eigenvalue weighted by Gasteiger charge is 2.03. The molecule has 0 spiro atoms. The smallest absolute Gasteiger partial charge is 0.0486 e. The van der Waals surface area contributed by atoms with Crippen LogP contribution in [0.2, 0.25) is 0 Å². The Labute approximate surface area is 202 Å². The highest BCUT2D eigenvalue weighted by molar-refractivity contribution is 5.85. The van der Waals surface area contributed by atoms with Gasteiger partial charge in [0.2, 0.25) is 0 Å². The summed E-state index contributed by atoms with van der Waals surface area (Å²) in [4.78, 5) is 0. The van der Waals surface area contributed by atoms with Gasteiger partial charge in [-0.2, -0.15) is 0 Å². The predicted octanol–water partition coefficient (Wildman–Crippen LogP) is 8.00. The molecule has 0 atom stereocenters. The molecule has 0 aliphatic heterocycles. The van der Waals surface area contributed by atoms with Crippen LogP contribution >= 0.6 is 0 Å². The first-order valence-corrected chi connectivity index (χ1v) is 12.4. The number of aromatic nitrogens is 2. The molecule has 0 bridgehead atoms. The van der Waals surface area contributed by atoms with Gasteiger partial charge in [-0.05, 0) is 65.1 Å². The second kappa shape index (κ2) is 10.5. The molecule has 3 heteroatoms. The molecule has 0 saturated heterocycles. The van der Waals surface area contributed by atoms with E-state index in [0.29, 0.717) is 0 Å². The van der Waals surface area contributed by atoms with Crippen molar-refractivity contribution in [1.29, 1.82) is 0 Å². The molecule has 0 amide bonds. The summed E-state index contributed by atoms with van der Waals surface area (Å²) in [6, 6.07) is 27.7. The summed E-state index contributed by atoms with van der Waals surface area (Å²) in [7, 11) is 0. The van der Waals surface area contributed by atoms with Gasteiger partial charge in [-0.3, -0.25) is 0 Å². The van der Waals surface area contributed by atoms with E-state index in [1.54, 1.807) is 0 Å². The van der Waals surface area contributed by atoms with Crippen LogP contribution in [0.15, 0.2) is 91.3 Å². The number of anilines is 1. The molecule has 2 aromatic heterocycles. The zero-order valence-corrected chi connectivity index (χ0v) is 19.7. The molecule has 0 aliphatic rings. The van der Waals surface area contributed by atoms with Crippen molar-refractivity contribution in [3.8, 4) is 0 Å². The van der Waals surface area contributed by atoms with Crippen LogP contribution in [0.1, 0.15) is 43.2 Å². The van der Waals surface area contributed by atoms with Crippen LogP contribution in [0.5, 0.6) is 0 Å². The van der Waals surface area contributed by atoms with E-state index in [0.717, 1.165) is 24.3 Å². The van der Waals surface area contributed by atoms with Crippen LogP contribution < -0.4 is 5.73 Å². The Morgan fingerprint density at radius 3 is 2.03 bits per heavy atom. The summed E-state index contributed by atoms with van der Waals surface area (Å²) < 4.78 is 4.79. The number of aryl methyl sites for hydroxylation is 2. The van der Waals surface area contributed by atoms with Gasteiger partial charge in [0.15, 0.2) is 0 Å². The third-order valence-corrected chi connectivity index (χ3v) is 6.73. The predicted molar refractivity (Wildman–Crippen MR) is 147 cm³/mol. The normalized spacial score (nSPS) is 11.8. The fraction of sp³-hybridized carbons (Fsp3) is 0.226. The minimum atomic E-state index is 0.810. The Kier molecular flexibility index (Phi) is 6.81. The van der Waals surface area contributed by atoms with E-state index in [1.165, 1.54) is 59.5 Å². The number of hydrogen-bond donors (Lipinski definition) is 1. The first-order chi connectivity index (χ1) is 16.8. The lowest BCUT2D eigenvalue weighted by Crippen LogP contribution is -1.97. The van der Waals surface area contributed by atoms with Gasteiger partial charge in [0.25, 0.3) is 0 Å². The summed E-state index contributed by atoms with van der Waals surface area (Å²) in [6.45, 7) is 2.19. The van der Waals surface area contributed by atoms with Gasteiger partial charge in [0, 0.05) is 42.2 Å². The van der Waals surface area contributed by atoms with Crippen molar-refractivity contribution < 1.29 is 0 Å². The van der Waals surface area contributed by atoms with Crippen molar-refractivity contribution in [3.05, 3.63) is 102 Å². The second-order valence-electron chi connectivity index (χ2n) is 9.13. The van der Waals surface area contributed by atoms with Crippen molar-refractivity contribution in [2.75, 3.05) is 5.73 Å². The average Bonchev–Trinajstić information content (AvgIpc) is 3.47. The maximum atomic E-state index is 6.07. The molecule has 172 valence electrons. The number of unbranched alkanes of at least 4 members (excludes halogenated alkanes) is 4. The molecule has 0 unspecified atom stereocenters. The fourth-order valence-electron chi connectivity index (χ4n) is 4.78. The van der Waals surface area contributed by atoms with Crippen LogP contribution in [0.4, 0.5) is 5.69 Å². The van der Waals surface area contributed by atoms with Crippen molar-refractivity contribution in [3.63, 3.8) is 0 Å². The molecular weight excluding hydrogens is 414 g/mol. The maximum absolute atomic E-state index is 6.07. The SMILES string of the molecule is Nc1ccccc1/C=C/c1ccc2ccn(CCCCCCCn3ccc4ccccc43)c2c1. The number of nitrogen functional groups attached to an aromatic ring is 1. The lowest BCUT2D eigenvalue weighted by atomic mass is 10.1. The lowest BCUT2D eigenvalue weighted by Gasteiger charge is -2.08. The zero-order valence-electron chi connectivity index (χ0n) is 19.7. The van der Waals surface area contributed by atoms with Gasteiger partial charge in [-0.1, -0.05) is 79.9 Å². The molecule has 0 radical (unpaired) electrons. The number of rotatable bonds is 10. The van der Waals surface area contributed by atoms with Gasteiger partial charge in [-0.15, -0.1) is 0 Å². The van der Waals surface area contributed by atoms with Crippen LogP contribution in [0, 0.1) is 0 Å². The molecule has 34 heavy (non-hydrogen) atoms. The number of para-hydroxylation sites is 2. The van der Waals surface area contributed by atoms with Crippen molar-refractivity contribution in [2.45, 2.75) is 45.2 Å². The van der Waals surface area contributed by atoms with E-state index in [2.05, 4.69) is 88.3 Å². The molecular formula is C31H33N3. The van der Waals surface area contributed by atoms with Crippen LogP contribution in [0.3, 0.4) is 0 Å². The van der Waals surface area contributed by atoms with E-state index in [4.69, 9.17) is 5.73 Å². The second-order valence-corrected chi connectivity index (χ2v) is 9.13. The average molecular weight is 448 g/mol. The molecule has 0 aliphatic carbocycles. The summed E-state index contributed by atoms with van der Waals surface area (Å²) in [5.74, 6) is 0. The highest BCUT2D eigenvalue weighted by atomic mass is 15.0. The Bertz CT molecular complexity index is 1400. The largest absolute Gasteiger partial charge is 0.398 e. The number of nitrogens with two attached hydrogens (primary N) is 1. The molecule has 2 heterocycles. The highest BCUT2D eigenvalue weighted by Crippen LogP contribution is 2.22. The molecule has 0 saturated carbocycles. The Morgan fingerprint density at radius 2 is 1.24 bits per heavy atom. The van der Waals surface area contributed by atoms with Crippen molar-refractivity contribution in [1.82, 2.24) is 9.13 Å². The van der Waals surface area contributed by atoms with Gasteiger partial charge in [-0.25, -0.2) is 0 Å². The number of nitrogens with zero attached hydrogens (tertiary/aromatic N) is 2. The molecule has 5 aromatic rings. The minimum Gasteiger partial charge on any atom is -0.398 e. The maximum Gasteiger partial charge on any atom is 0.0486 e. The number of hydrogen-bond acceptors (Lipinski definition) is 1. The summed E-state index contributed by atoms with van der Waals surface area (Å²) >= 11 is 0. The number of benzene rings is 3. The molecule has 5 rings (SSSR count). The Morgan fingerprint density at radius 1 is 0.588 bits per heavy atom. The Balaban J connectivity index is 1.10. The van der Waals surface area contributed by atoms with Crippen LogP contribution in [-0.2, 0) is 13.1 Å². The van der Waals surface area contributed by atoms with Gasteiger partial charge < -0.3 is 14.9 Å². The first-order valence-electron chi connectivity index (χ1n) is 12.4. The third-order valence-electron chi connectivity index (χ3n) is 6.73. The summed E-state index contributed by atoms with van der Waals surface area (Å²) in [5.41, 5.74) is 11.8. The van der Waals surface area contributed by atoms with E-state index < -0.39 is 0 Å². The molecule has 2 N–H and O–H groups in total. The minimum absolute atomic E-state index is 0.810. The van der Waals surface area contributed by atoms with E-state index in [-0.39, 0.29) is 0 Å². The van der Waals surface area contributed by atoms with E-state index >= 15 is 0 Å². The Hall–Kier alpha value is -3.72. The topological polar surface area (TPSA) is 35.9 Å². The fourth-order valence-corrected chi connectivity index (χ4v) is 4.78. The van der Waals surface area contributed by atoms with Gasteiger partial charge in [0.1, 0.15) is 0 Å². The van der Waals surface area contributed by atoms with Crippen molar-refractivity contribution >= 4 is 39.6 Å². The monoisotopic (exact) mass is 447 g/mol.